The molecule has 0 fully saturated rings. The maximum Gasteiger partial charge on any atom is 0.135 e. The molecule has 3 nitrogen and oxygen atoms in total. The van der Waals surface area contributed by atoms with Crippen LogP contribution in [0.2, 0.25) is 0 Å². The van der Waals surface area contributed by atoms with Gasteiger partial charge in [0.2, 0.25) is 0 Å². The SMILES string of the molecule is Cc1cccc2oc3ccc(-n4c5ccccc5c5cc(-c6ccc7c(c6)c6ccccc6n7-c6ccccc6)ccc54)cc3c12. The quantitative estimate of drug-likeness (QED) is 0.201. The molecule has 0 aliphatic carbocycles. The fourth-order valence-corrected chi connectivity index (χ4v) is 7.57. The summed E-state index contributed by atoms with van der Waals surface area (Å²) in [6, 6.07) is 54.7. The molecule has 10 aromatic rings. The molecule has 0 saturated carbocycles. The minimum absolute atomic E-state index is 0.917. The van der Waals surface area contributed by atoms with Crippen molar-refractivity contribution in [1.82, 2.24) is 9.13 Å². The summed E-state index contributed by atoms with van der Waals surface area (Å²) in [6.45, 7) is 2.16. The summed E-state index contributed by atoms with van der Waals surface area (Å²) in [5, 5.41) is 7.35. The van der Waals surface area contributed by atoms with Crippen LogP contribution >= 0.6 is 0 Å². The normalized spacial score (nSPS) is 12.0. The Morgan fingerprint density at radius 3 is 1.65 bits per heavy atom. The Morgan fingerprint density at radius 2 is 0.978 bits per heavy atom. The Morgan fingerprint density at radius 1 is 0.391 bits per heavy atom. The van der Waals surface area contributed by atoms with Crippen LogP contribution in [0.4, 0.5) is 0 Å². The van der Waals surface area contributed by atoms with Gasteiger partial charge in [-0.3, -0.25) is 0 Å². The van der Waals surface area contributed by atoms with E-state index in [0.717, 1.165) is 22.2 Å². The Bertz CT molecular complexity index is 2810. The van der Waals surface area contributed by atoms with Crippen molar-refractivity contribution in [3.63, 3.8) is 0 Å². The average molecular weight is 589 g/mol. The number of nitrogens with zero attached hydrogens (tertiary/aromatic N) is 2. The van der Waals surface area contributed by atoms with Crippen LogP contribution in [0, 0.1) is 6.92 Å². The lowest BCUT2D eigenvalue weighted by molar-refractivity contribution is 0.668. The van der Waals surface area contributed by atoms with E-state index in [-0.39, 0.29) is 0 Å². The van der Waals surface area contributed by atoms with Crippen molar-refractivity contribution < 1.29 is 4.42 Å². The van der Waals surface area contributed by atoms with Crippen molar-refractivity contribution in [2.75, 3.05) is 0 Å². The summed E-state index contributed by atoms with van der Waals surface area (Å²) in [5.41, 5.74) is 12.6. The van der Waals surface area contributed by atoms with Crippen LogP contribution in [0.25, 0.3) is 88.1 Å². The highest BCUT2D eigenvalue weighted by Gasteiger charge is 2.17. The van der Waals surface area contributed by atoms with E-state index >= 15 is 0 Å². The van der Waals surface area contributed by atoms with Crippen LogP contribution < -0.4 is 0 Å². The van der Waals surface area contributed by atoms with Crippen molar-refractivity contribution in [2.24, 2.45) is 0 Å². The van der Waals surface area contributed by atoms with E-state index in [9.17, 15) is 0 Å². The van der Waals surface area contributed by atoms with Crippen molar-refractivity contribution in [3.8, 4) is 22.5 Å². The van der Waals surface area contributed by atoms with E-state index in [4.69, 9.17) is 4.42 Å². The van der Waals surface area contributed by atoms with Gasteiger partial charge in [0.05, 0.1) is 22.1 Å². The van der Waals surface area contributed by atoms with Gasteiger partial charge in [-0.15, -0.1) is 0 Å². The van der Waals surface area contributed by atoms with E-state index in [1.165, 1.54) is 71.4 Å². The minimum atomic E-state index is 0.917. The summed E-state index contributed by atoms with van der Waals surface area (Å²) < 4.78 is 11.0. The third-order valence-corrected chi connectivity index (χ3v) is 9.64. The highest BCUT2D eigenvalue weighted by molar-refractivity contribution is 6.13. The molecule has 0 atom stereocenters. The molecule has 3 aromatic heterocycles. The number of furan rings is 1. The molecule has 0 aliphatic heterocycles. The standard InChI is InChI=1S/C43H28N2O/c1-27-10-9-17-42-43(27)36-26-31(20-23-41(36)46-42)45-38-16-8-6-14-33(38)35-25-29(19-22-40(35)45)28-18-21-39-34(24-28)32-13-5-7-15-37(32)44(39)30-11-3-2-4-12-30/h2-26H,1H3. The summed E-state index contributed by atoms with van der Waals surface area (Å²) in [4.78, 5) is 0. The van der Waals surface area contributed by atoms with E-state index < -0.39 is 0 Å². The van der Waals surface area contributed by atoms with Gasteiger partial charge in [-0.1, -0.05) is 78.9 Å². The van der Waals surface area contributed by atoms with Gasteiger partial charge in [-0.05, 0) is 96.4 Å². The maximum atomic E-state index is 6.22. The molecule has 7 aromatic carbocycles. The van der Waals surface area contributed by atoms with Crippen LogP contribution in [0.15, 0.2) is 156 Å². The Kier molecular flexibility index (Phi) is 5.20. The second-order valence-corrected chi connectivity index (χ2v) is 12.2. The van der Waals surface area contributed by atoms with Crippen LogP contribution in [-0.4, -0.2) is 9.13 Å². The van der Waals surface area contributed by atoms with Gasteiger partial charge in [0.1, 0.15) is 11.2 Å². The second-order valence-electron chi connectivity index (χ2n) is 12.2. The van der Waals surface area contributed by atoms with Crippen LogP contribution in [0.5, 0.6) is 0 Å². The summed E-state index contributed by atoms with van der Waals surface area (Å²) in [5.74, 6) is 0. The predicted octanol–water partition coefficient (Wildman–Crippen LogP) is 11.8. The third kappa shape index (κ3) is 3.54. The fraction of sp³-hybridized carbons (Fsp3) is 0.0233. The lowest BCUT2D eigenvalue weighted by Gasteiger charge is -2.09. The zero-order valence-corrected chi connectivity index (χ0v) is 25.2. The number of hydrogen-bond acceptors (Lipinski definition) is 1. The molecule has 0 bridgehead atoms. The lowest BCUT2D eigenvalue weighted by atomic mass is 10.0. The van der Waals surface area contributed by atoms with Crippen molar-refractivity contribution in [3.05, 3.63) is 157 Å². The molecule has 0 amide bonds. The van der Waals surface area contributed by atoms with Gasteiger partial charge < -0.3 is 13.6 Å². The Labute approximate surface area is 265 Å². The molecule has 3 heterocycles. The van der Waals surface area contributed by atoms with E-state index in [2.05, 4.69) is 168 Å². The zero-order valence-electron chi connectivity index (χ0n) is 25.2. The van der Waals surface area contributed by atoms with Crippen LogP contribution in [0.1, 0.15) is 5.56 Å². The molecule has 0 spiro atoms. The molecule has 0 unspecified atom stereocenters. The van der Waals surface area contributed by atoms with Gasteiger partial charge in [-0.25, -0.2) is 0 Å². The highest BCUT2D eigenvalue weighted by atomic mass is 16.3. The number of rotatable bonds is 3. The lowest BCUT2D eigenvalue weighted by Crippen LogP contribution is -1.93. The van der Waals surface area contributed by atoms with E-state index in [0.29, 0.717) is 0 Å². The minimum Gasteiger partial charge on any atom is -0.456 e. The fourth-order valence-electron chi connectivity index (χ4n) is 7.57. The summed E-state index contributed by atoms with van der Waals surface area (Å²) >= 11 is 0. The first-order valence-electron chi connectivity index (χ1n) is 15.8. The molecule has 0 aliphatic rings. The summed E-state index contributed by atoms with van der Waals surface area (Å²) in [7, 11) is 0. The maximum absolute atomic E-state index is 6.22. The molecule has 0 saturated heterocycles. The molecule has 0 N–H and O–H groups in total. The number of hydrogen-bond donors (Lipinski definition) is 0. The molecule has 3 heteroatoms. The van der Waals surface area contributed by atoms with Gasteiger partial charge in [0.25, 0.3) is 0 Å². The molecule has 0 radical (unpaired) electrons. The number of para-hydroxylation sites is 3. The Hall–Kier alpha value is -6.06. The summed E-state index contributed by atoms with van der Waals surface area (Å²) in [6.07, 6.45) is 0. The van der Waals surface area contributed by atoms with Gasteiger partial charge in [0.15, 0.2) is 0 Å². The number of aromatic nitrogens is 2. The predicted molar refractivity (Wildman–Crippen MR) is 193 cm³/mol. The van der Waals surface area contributed by atoms with Crippen LogP contribution in [0.3, 0.4) is 0 Å². The van der Waals surface area contributed by atoms with Gasteiger partial charge in [0, 0.05) is 43.7 Å². The molecular formula is C43H28N2O. The Balaban J connectivity index is 1.18. The van der Waals surface area contributed by atoms with Crippen molar-refractivity contribution in [2.45, 2.75) is 6.92 Å². The molecule has 46 heavy (non-hydrogen) atoms. The molecule has 216 valence electrons. The van der Waals surface area contributed by atoms with E-state index in [1.54, 1.807) is 0 Å². The van der Waals surface area contributed by atoms with E-state index in [1.807, 2.05) is 0 Å². The van der Waals surface area contributed by atoms with Gasteiger partial charge >= 0.3 is 0 Å². The molecule has 10 rings (SSSR count). The van der Waals surface area contributed by atoms with Gasteiger partial charge in [-0.2, -0.15) is 0 Å². The first kappa shape index (κ1) is 25.3. The smallest absolute Gasteiger partial charge is 0.135 e. The number of aryl methyl sites for hydroxylation is 1. The monoisotopic (exact) mass is 588 g/mol. The zero-order chi connectivity index (χ0) is 30.4. The highest BCUT2D eigenvalue weighted by Crippen LogP contribution is 2.39. The molecular weight excluding hydrogens is 560 g/mol. The average Bonchev–Trinajstić information content (AvgIpc) is 3.76. The van der Waals surface area contributed by atoms with Crippen molar-refractivity contribution in [1.29, 1.82) is 0 Å². The number of benzene rings is 7. The largest absolute Gasteiger partial charge is 0.456 e. The topological polar surface area (TPSA) is 23.0 Å². The van der Waals surface area contributed by atoms with Crippen LogP contribution in [-0.2, 0) is 0 Å². The first-order valence-corrected chi connectivity index (χ1v) is 15.8. The first-order chi connectivity index (χ1) is 22.7. The third-order valence-electron chi connectivity index (χ3n) is 9.64. The van der Waals surface area contributed by atoms with Crippen molar-refractivity contribution >= 4 is 65.6 Å². The number of fused-ring (bicyclic) bond motifs is 9. The second kappa shape index (κ2) is 9.47.